The first-order valence-electron chi connectivity index (χ1n) is 7.09. The summed E-state index contributed by atoms with van der Waals surface area (Å²) in [6.45, 7) is 6.68. The summed E-state index contributed by atoms with van der Waals surface area (Å²) in [6.07, 6.45) is 5.16. The second-order valence-electron chi connectivity index (χ2n) is 6.45. The molecule has 1 aromatic carbocycles. The maximum atomic E-state index is 6.09. The van der Waals surface area contributed by atoms with Crippen LogP contribution in [0.2, 0.25) is 0 Å². The first-order valence-corrected chi connectivity index (χ1v) is 7.88. The number of ether oxygens (including phenoxy) is 1. The molecular weight excluding hydrogens is 302 g/mol. The van der Waals surface area contributed by atoms with E-state index in [1.807, 2.05) is 19.1 Å². The second kappa shape index (κ2) is 5.84. The average molecular weight is 326 g/mol. The topological polar surface area (TPSA) is 35.2 Å². The Balaban J connectivity index is 1.99. The third-order valence-electron chi connectivity index (χ3n) is 4.05. The van der Waals surface area contributed by atoms with Crippen molar-refractivity contribution in [3.05, 3.63) is 28.2 Å². The largest absolute Gasteiger partial charge is 0.490 e. The average Bonchev–Trinajstić information content (AvgIpc) is 2.31. The molecule has 1 saturated carbocycles. The zero-order chi connectivity index (χ0) is 14.0. The van der Waals surface area contributed by atoms with E-state index in [4.69, 9.17) is 10.5 Å². The summed E-state index contributed by atoms with van der Waals surface area (Å²) in [7, 11) is 0. The van der Waals surface area contributed by atoms with Gasteiger partial charge < -0.3 is 10.5 Å². The number of hydrogen-bond donors (Lipinski definition) is 1. The van der Waals surface area contributed by atoms with E-state index >= 15 is 0 Å². The predicted octanol–water partition coefficient (Wildman–Crippen LogP) is 4.82. The van der Waals surface area contributed by atoms with Gasteiger partial charge in [0.1, 0.15) is 5.75 Å². The fourth-order valence-corrected chi connectivity index (χ4v) is 3.35. The predicted molar refractivity (Wildman–Crippen MR) is 83.4 cm³/mol. The van der Waals surface area contributed by atoms with Crippen molar-refractivity contribution in [2.24, 2.45) is 11.1 Å². The van der Waals surface area contributed by atoms with Crippen LogP contribution >= 0.6 is 15.9 Å². The van der Waals surface area contributed by atoms with Gasteiger partial charge in [-0.15, -0.1) is 0 Å². The van der Waals surface area contributed by atoms with Crippen molar-refractivity contribution < 1.29 is 4.74 Å². The molecule has 19 heavy (non-hydrogen) atoms. The standard InChI is InChI=1S/C16H24BrNO/c1-11(18)14-5-4-13(10-15(14)17)19-12-6-8-16(2,3)9-7-12/h4-5,10-12H,6-9,18H2,1-3H3/t11-/m0/s1. The van der Waals surface area contributed by atoms with Crippen molar-refractivity contribution in [3.63, 3.8) is 0 Å². The second-order valence-corrected chi connectivity index (χ2v) is 7.31. The van der Waals surface area contributed by atoms with E-state index in [0.29, 0.717) is 11.5 Å². The Kier molecular flexibility index (Phi) is 4.57. The minimum Gasteiger partial charge on any atom is -0.490 e. The van der Waals surface area contributed by atoms with E-state index in [-0.39, 0.29) is 6.04 Å². The first kappa shape index (κ1) is 14.9. The van der Waals surface area contributed by atoms with E-state index in [1.54, 1.807) is 0 Å². The number of nitrogens with two attached hydrogens (primary N) is 1. The maximum Gasteiger partial charge on any atom is 0.120 e. The van der Waals surface area contributed by atoms with Crippen molar-refractivity contribution in [3.8, 4) is 5.75 Å². The highest BCUT2D eigenvalue weighted by Gasteiger charge is 2.27. The minimum absolute atomic E-state index is 0.0407. The Hall–Kier alpha value is -0.540. The van der Waals surface area contributed by atoms with Crippen molar-refractivity contribution in [1.29, 1.82) is 0 Å². The molecule has 0 aliphatic heterocycles. The Morgan fingerprint density at radius 2 is 1.95 bits per heavy atom. The summed E-state index contributed by atoms with van der Waals surface area (Å²) >= 11 is 3.57. The van der Waals surface area contributed by atoms with E-state index in [2.05, 4.69) is 35.8 Å². The molecule has 0 radical (unpaired) electrons. The number of rotatable bonds is 3. The summed E-state index contributed by atoms with van der Waals surface area (Å²) < 4.78 is 7.13. The number of halogens is 1. The molecule has 106 valence electrons. The van der Waals surface area contributed by atoms with Crippen LogP contribution in [0.3, 0.4) is 0 Å². The molecule has 0 unspecified atom stereocenters. The van der Waals surface area contributed by atoms with Crippen LogP contribution in [0.5, 0.6) is 5.75 Å². The molecule has 0 saturated heterocycles. The Labute approximate surface area is 124 Å². The fraction of sp³-hybridized carbons (Fsp3) is 0.625. The lowest BCUT2D eigenvalue weighted by Crippen LogP contribution is -2.28. The quantitative estimate of drug-likeness (QED) is 0.864. The zero-order valence-corrected chi connectivity index (χ0v) is 13.7. The van der Waals surface area contributed by atoms with Crippen molar-refractivity contribution >= 4 is 15.9 Å². The normalized spacial score (nSPS) is 21.1. The monoisotopic (exact) mass is 325 g/mol. The van der Waals surface area contributed by atoms with Crippen LogP contribution in [0.15, 0.2) is 22.7 Å². The Bertz CT molecular complexity index is 432. The molecule has 2 N–H and O–H groups in total. The van der Waals surface area contributed by atoms with Gasteiger partial charge in [-0.25, -0.2) is 0 Å². The summed E-state index contributed by atoms with van der Waals surface area (Å²) in [5.74, 6) is 0.945. The molecule has 0 spiro atoms. The van der Waals surface area contributed by atoms with Gasteiger partial charge in [-0.05, 0) is 55.7 Å². The molecular formula is C16H24BrNO. The van der Waals surface area contributed by atoms with E-state index in [9.17, 15) is 0 Å². The lowest BCUT2D eigenvalue weighted by molar-refractivity contribution is 0.0987. The molecule has 1 atom stereocenters. The summed E-state index contributed by atoms with van der Waals surface area (Å²) in [5, 5.41) is 0. The maximum absolute atomic E-state index is 6.09. The van der Waals surface area contributed by atoms with Crippen molar-refractivity contribution in [1.82, 2.24) is 0 Å². The third-order valence-corrected chi connectivity index (χ3v) is 4.74. The molecule has 1 aromatic rings. The minimum atomic E-state index is 0.0407. The van der Waals surface area contributed by atoms with Crippen LogP contribution in [0.1, 0.15) is 58.1 Å². The SMILES string of the molecule is C[C@H](N)c1ccc(OC2CCC(C)(C)CC2)cc1Br. The van der Waals surface area contributed by atoms with Crippen molar-refractivity contribution in [2.45, 2.75) is 58.6 Å². The van der Waals surface area contributed by atoms with Crippen LogP contribution in [0, 0.1) is 5.41 Å². The summed E-state index contributed by atoms with van der Waals surface area (Å²) in [5.41, 5.74) is 7.52. The van der Waals surface area contributed by atoms with Gasteiger partial charge >= 0.3 is 0 Å². The molecule has 1 aliphatic carbocycles. The van der Waals surface area contributed by atoms with E-state index in [1.165, 1.54) is 12.8 Å². The smallest absolute Gasteiger partial charge is 0.120 e. The van der Waals surface area contributed by atoms with Gasteiger partial charge in [0.05, 0.1) is 6.10 Å². The van der Waals surface area contributed by atoms with Crippen LogP contribution in [0.4, 0.5) is 0 Å². The molecule has 0 aromatic heterocycles. The van der Waals surface area contributed by atoms with Crippen LogP contribution < -0.4 is 10.5 Å². The summed E-state index contributed by atoms with van der Waals surface area (Å²) in [4.78, 5) is 0. The highest BCUT2D eigenvalue weighted by atomic mass is 79.9. The molecule has 0 bridgehead atoms. The first-order chi connectivity index (χ1) is 8.87. The third kappa shape index (κ3) is 3.96. The van der Waals surface area contributed by atoms with Gasteiger partial charge in [0, 0.05) is 10.5 Å². The van der Waals surface area contributed by atoms with Gasteiger partial charge in [-0.3, -0.25) is 0 Å². The van der Waals surface area contributed by atoms with E-state index < -0.39 is 0 Å². The lowest BCUT2D eigenvalue weighted by atomic mass is 9.76. The fourth-order valence-electron chi connectivity index (χ4n) is 2.63. The molecule has 0 amide bonds. The number of hydrogen-bond acceptors (Lipinski definition) is 2. The lowest BCUT2D eigenvalue weighted by Gasteiger charge is -2.34. The number of benzene rings is 1. The van der Waals surface area contributed by atoms with Gasteiger partial charge in [0.25, 0.3) is 0 Å². The highest BCUT2D eigenvalue weighted by molar-refractivity contribution is 9.10. The van der Waals surface area contributed by atoms with Gasteiger partial charge in [-0.2, -0.15) is 0 Å². The Morgan fingerprint density at radius 3 is 2.47 bits per heavy atom. The molecule has 1 aliphatic rings. The molecule has 2 rings (SSSR count). The van der Waals surface area contributed by atoms with Crippen LogP contribution in [0.25, 0.3) is 0 Å². The molecule has 1 fully saturated rings. The van der Waals surface area contributed by atoms with Crippen molar-refractivity contribution in [2.75, 3.05) is 0 Å². The Morgan fingerprint density at radius 1 is 1.32 bits per heavy atom. The molecule has 2 nitrogen and oxygen atoms in total. The van der Waals surface area contributed by atoms with Gasteiger partial charge in [-0.1, -0.05) is 35.8 Å². The molecule has 0 heterocycles. The van der Waals surface area contributed by atoms with Gasteiger partial charge in [0.2, 0.25) is 0 Å². The van der Waals surface area contributed by atoms with Crippen LogP contribution in [-0.4, -0.2) is 6.10 Å². The zero-order valence-electron chi connectivity index (χ0n) is 12.1. The van der Waals surface area contributed by atoms with Crippen LogP contribution in [-0.2, 0) is 0 Å². The molecule has 3 heteroatoms. The van der Waals surface area contributed by atoms with Gasteiger partial charge in [0.15, 0.2) is 0 Å². The highest BCUT2D eigenvalue weighted by Crippen LogP contribution is 2.37. The summed E-state index contributed by atoms with van der Waals surface area (Å²) in [6, 6.07) is 6.16. The van der Waals surface area contributed by atoms with E-state index in [0.717, 1.165) is 28.6 Å².